The molecular weight excluding hydrogens is 414 g/mol. The van der Waals surface area contributed by atoms with E-state index >= 15 is 0 Å². The van der Waals surface area contributed by atoms with Gasteiger partial charge in [-0.2, -0.15) is 0 Å². The molecule has 0 saturated heterocycles. The average molecular weight is 442 g/mol. The van der Waals surface area contributed by atoms with Crippen molar-refractivity contribution in [3.05, 3.63) is 64.3 Å². The standard InChI is InChI=1S/C24H28ClN3O3/c1-3-31-14-4-12-26-24(29)28-13-11-19-20-15-17(25)7-10-21(20)27-22(19)23(28)16-5-8-18(30-2)9-6-16/h5-10,15,23,27H,3-4,11-14H2,1-2H3,(H,26,29)/t23-/m1/s1. The Morgan fingerprint density at radius 1 is 1.26 bits per heavy atom. The molecule has 0 radical (unpaired) electrons. The maximum Gasteiger partial charge on any atom is 0.318 e. The number of nitrogens with one attached hydrogen (secondary N) is 2. The summed E-state index contributed by atoms with van der Waals surface area (Å²) in [5.74, 6) is 0.787. The number of rotatable bonds is 7. The number of benzene rings is 2. The van der Waals surface area contributed by atoms with Gasteiger partial charge in [0.2, 0.25) is 0 Å². The normalized spacial score (nSPS) is 15.7. The number of hydrogen-bond donors (Lipinski definition) is 2. The summed E-state index contributed by atoms with van der Waals surface area (Å²) in [5, 5.41) is 4.89. The minimum Gasteiger partial charge on any atom is -0.497 e. The largest absolute Gasteiger partial charge is 0.497 e. The summed E-state index contributed by atoms with van der Waals surface area (Å²) >= 11 is 6.26. The number of hydrogen-bond acceptors (Lipinski definition) is 3. The minimum absolute atomic E-state index is 0.0698. The summed E-state index contributed by atoms with van der Waals surface area (Å²) in [4.78, 5) is 18.6. The lowest BCUT2D eigenvalue weighted by molar-refractivity contribution is 0.143. The van der Waals surface area contributed by atoms with Crippen LogP contribution < -0.4 is 10.1 Å². The van der Waals surface area contributed by atoms with Crippen molar-refractivity contribution in [2.24, 2.45) is 0 Å². The number of H-pyrrole nitrogens is 1. The molecule has 0 aliphatic carbocycles. The van der Waals surface area contributed by atoms with Crippen molar-refractivity contribution in [1.82, 2.24) is 15.2 Å². The van der Waals surface area contributed by atoms with Gasteiger partial charge in [-0.3, -0.25) is 0 Å². The summed E-state index contributed by atoms with van der Waals surface area (Å²) in [6.45, 7) is 4.51. The molecule has 2 amide bonds. The molecule has 2 N–H and O–H groups in total. The minimum atomic E-state index is -0.215. The van der Waals surface area contributed by atoms with Crippen molar-refractivity contribution in [3.8, 4) is 5.75 Å². The van der Waals surface area contributed by atoms with Gasteiger partial charge in [0.05, 0.1) is 13.2 Å². The number of fused-ring (bicyclic) bond motifs is 3. The Bertz CT molecular complexity index is 1050. The third-order valence-corrected chi connectivity index (χ3v) is 5.96. The van der Waals surface area contributed by atoms with Gasteiger partial charge in [0, 0.05) is 47.9 Å². The first-order valence-electron chi connectivity index (χ1n) is 10.7. The quantitative estimate of drug-likeness (QED) is 0.512. The summed E-state index contributed by atoms with van der Waals surface area (Å²) < 4.78 is 10.7. The molecule has 31 heavy (non-hydrogen) atoms. The molecule has 3 aromatic rings. The maximum absolute atomic E-state index is 13.1. The van der Waals surface area contributed by atoms with Crippen molar-refractivity contribution in [1.29, 1.82) is 0 Å². The second-order valence-electron chi connectivity index (χ2n) is 7.61. The highest BCUT2D eigenvalue weighted by atomic mass is 35.5. The molecule has 1 aliphatic heterocycles. The molecule has 4 rings (SSSR count). The molecule has 0 bridgehead atoms. The number of ether oxygens (including phenoxy) is 2. The van der Waals surface area contributed by atoms with Crippen molar-refractivity contribution in [3.63, 3.8) is 0 Å². The van der Waals surface area contributed by atoms with Gasteiger partial charge in [0.25, 0.3) is 0 Å². The van der Waals surface area contributed by atoms with E-state index in [4.69, 9.17) is 21.1 Å². The maximum atomic E-state index is 13.1. The number of nitrogens with zero attached hydrogens (tertiary/aromatic N) is 1. The second kappa shape index (κ2) is 9.62. The Morgan fingerprint density at radius 3 is 2.81 bits per heavy atom. The Balaban J connectivity index is 1.66. The molecule has 1 aromatic heterocycles. The van der Waals surface area contributed by atoms with E-state index in [0.717, 1.165) is 40.8 Å². The lowest BCUT2D eigenvalue weighted by Crippen LogP contribution is -2.46. The number of aromatic amines is 1. The predicted molar refractivity (Wildman–Crippen MR) is 123 cm³/mol. The highest BCUT2D eigenvalue weighted by Crippen LogP contribution is 2.39. The molecule has 1 atom stereocenters. The number of urea groups is 1. The summed E-state index contributed by atoms with van der Waals surface area (Å²) in [6, 6.07) is 13.5. The molecule has 0 saturated carbocycles. The highest BCUT2D eigenvalue weighted by molar-refractivity contribution is 6.31. The van der Waals surface area contributed by atoms with Gasteiger partial charge >= 0.3 is 6.03 Å². The van der Waals surface area contributed by atoms with Gasteiger partial charge in [0.15, 0.2) is 0 Å². The zero-order valence-corrected chi connectivity index (χ0v) is 18.7. The second-order valence-corrected chi connectivity index (χ2v) is 8.05. The summed E-state index contributed by atoms with van der Waals surface area (Å²) in [5.41, 5.74) is 4.33. The van der Waals surface area contributed by atoms with Crippen LogP contribution in [-0.2, 0) is 11.2 Å². The van der Waals surface area contributed by atoms with Gasteiger partial charge in [0.1, 0.15) is 5.75 Å². The molecule has 2 heterocycles. The van der Waals surface area contributed by atoms with Crippen LogP contribution in [0.2, 0.25) is 5.02 Å². The molecular formula is C24H28ClN3O3. The molecule has 0 spiro atoms. The average Bonchev–Trinajstić information content (AvgIpc) is 3.16. The van der Waals surface area contributed by atoms with E-state index in [1.54, 1.807) is 7.11 Å². The Labute approximate surface area is 187 Å². The van der Waals surface area contributed by atoms with Crippen molar-refractivity contribution in [2.75, 3.05) is 33.4 Å². The van der Waals surface area contributed by atoms with Crippen LogP contribution in [0.3, 0.4) is 0 Å². The zero-order chi connectivity index (χ0) is 21.8. The van der Waals surface area contributed by atoms with Crippen molar-refractivity contribution >= 4 is 28.5 Å². The number of methoxy groups -OCH3 is 1. The fourth-order valence-electron chi connectivity index (χ4n) is 4.23. The van der Waals surface area contributed by atoms with Crippen LogP contribution in [0.1, 0.15) is 36.2 Å². The molecule has 2 aromatic carbocycles. The molecule has 6 nitrogen and oxygen atoms in total. The van der Waals surface area contributed by atoms with Crippen LogP contribution in [-0.4, -0.2) is 49.3 Å². The van der Waals surface area contributed by atoms with Crippen molar-refractivity contribution < 1.29 is 14.3 Å². The SMILES string of the molecule is CCOCCCNC(=O)N1CCc2c([nH]c3ccc(Cl)cc23)[C@H]1c1ccc(OC)cc1. The number of amides is 2. The van der Waals surface area contributed by atoms with E-state index in [-0.39, 0.29) is 12.1 Å². The van der Waals surface area contributed by atoms with Crippen LogP contribution >= 0.6 is 11.6 Å². The summed E-state index contributed by atoms with van der Waals surface area (Å²) in [7, 11) is 1.65. The molecule has 0 fully saturated rings. The van der Waals surface area contributed by atoms with Crippen LogP contribution in [0, 0.1) is 0 Å². The highest BCUT2D eigenvalue weighted by Gasteiger charge is 2.34. The fourth-order valence-corrected chi connectivity index (χ4v) is 4.40. The van der Waals surface area contributed by atoms with Gasteiger partial charge < -0.3 is 24.7 Å². The van der Waals surface area contributed by atoms with Crippen LogP contribution in [0.5, 0.6) is 5.75 Å². The smallest absolute Gasteiger partial charge is 0.318 e. The molecule has 1 aliphatic rings. The van der Waals surface area contributed by atoms with Crippen LogP contribution in [0.15, 0.2) is 42.5 Å². The lowest BCUT2D eigenvalue weighted by atomic mass is 9.92. The van der Waals surface area contributed by atoms with E-state index in [9.17, 15) is 4.79 Å². The third-order valence-electron chi connectivity index (χ3n) is 5.73. The van der Waals surface area contributed by atoms with E-state index in [2.05, 4.69) is 10.3 Å². The lowest BCUT2D eigenvalue weighted by Gasteiger charge is -2.36. The first-order valence-corrected chi connectivity index (χ1v) is 11.1. The van der Waals surface area contributed by atoms with Gasteiger partial charge in [-0.15, -0.1) is 0 Å². The number of carbonyl (C=O) groups is 1. The van der Waals surface area contributed by atoms with E-state index < -0.39 is 0 Å². The molecule has 0 unspecified atom stereocenters. The van der Waals surface area contributed by atoms with E-state index in [1.165, 1.54) is 5.56 Å². The topological polar surface area (TPSA) is 66.6 Å². The van der Waals surface area contributed by atoms with E-state index in [0.29, 0.717) is 31.3 Å². The van der Waals surface area contributed by atoms with Gasteiger partial charge in [-0.25, -0.2) is 4.79 Å². The summed E-state index contributed by atoms with van der Waals surface area (Å²) in [6.07, 6.45) is 1.56. The van der Waals surface area contributed by atoms with E-state index in [1.807, 2.05) is 54.3 Å². The fraction of sp³-hybridized carbons (Fsp3) is 0.375. The number of aromatic nitrogens is 1. The van der Waals surface area contributed by atoms with Gasteiger partial charge in [-0.05, 0) is 61.2 Å². The van der Waals surface area contributed by atoms with Crippen LogP contribution in [0.4, 0.5) is 4.79 Å². The van der Waals surface area contributed by atoms with Gasteiger partial charge in [-0.1, -0.05) is 23.7 Å². The number of carbonyl (C=O) groups excluding carboxylic acids is 1. The molecule has 164 valence electrons. The van der Waals surface area contributed by atoms with Crippen molar-refractivity contribution in [2.45, 2.75) is 25.8 Å². The number of halogens is 1. The molecule has 7 heteroatoms. The first-order chi connectivity index (χ1) is 15.1. The monoisotopic (exact) mass is 441 g/mol. The Morgan fingerprint density at radius 2 is 2.06 bits per heavy atom. The Kier molecular flexibility index (Phi) is 6.68. The zero-order valence-electron chi connectivity index (χ0n) is 17.9. The Hall–Kier alpha value is -2.70. The predicted octanol–water partition coefficient (Wildman–Crippen LogP) is 4.91. The third kappa shape index (κ3) is 4.50. The van der Waals surface area contributed by atoms with Crippen LogP contribution in [0.25, 0.3) is 10.9 Å². The first kappa shape index (κ1) is 21.5.